The molecule has 0 saturated carbocycles. The van der Waals surface area contributed by atoms with Crippen LogP contribution in [0.25, 0.3) is 0 Å². The SMILES string of the molecule is O=Cc1ccc(OCC(=O)OCC(=O)NCc2cccc(Cl)c2)cc1. The number of nitrogens with one attached hydrogen (secondary N) is 1. The normalized spacial score (nSPS) is 9.96. The summed E-state index contributed by atoms with van der Waals surface area (Å²) in [7, 11) is 0. The van der Waals surface area contributed by atoms with Crippen molar-refractivity contribution in [1.82, 2.24) is 5.32 Å². The predicted molar refractivity (Wildman–Crippen MR) is 91.6 cm³/mol. The Labute approximate surface area is 149 Å². The molecule has 0 bridgehead atoms. The Hall–Kier alpha value is -2.86. The number of benzene rings is 2. The molecule has 130 valence electrons. The lowest BCUT2D eigenvalue weighted by atomic mass is 10.2. The molecule has 1 N–H and O–H groups in total. The fourth-order valence-electron chi connectivity index (χ4n) is 1.87. The standard InChI is InChI=1S/C18H16ClNO5/c19-15-3-1-2-14(8-15)9-20-17(22)11-25-18(23)12-24-16-6-4-13(10-21)5-7-16/h1-8,10H,9,11-12H2,(H,20,22). The van der Waals surface area contributed by atoms with Crippen molar-refractivity contribution in [2.45, 2.75) is 6.54 Å². The molecule has 0 spiro atoms. The van der Waals surface area contributed by atoms with Crippen molar-refractivity contribution in [2.75, 3.05) is 13.2 Å². The van der Waals surface area contributed by atoms with Crippen LogP contribution < -0.4 is 10.1 Å². The number of amides is 1. The first-order chi connectivity index (χ1) is 12.1. The molecule has 0 atom stereocenters. The second kappa shape index (κ2) is 9.44. The van der Waals surface area contributed by atoms with E-state index in [-0.39, 0.29) is 13.2 Å². The van der Waals surface area contributed by atoms with Crippen LogP contribution in [0.1, 0.15) is 15.9 Å². The molecule has 0 unspecified atom stereocenters. The molecule has 0 heterocycles. The van der Waals surface area contributed by atoms with E-state index in [0.29, 0.717) is 22.6 Å². The highest BCUT2D eigenvalue weighted by atomic mass is 35.5. The number of halogens is 1. The number of hydrogen-bond donors (Lipinski definition) is 1. The minimum atomic E-state index is -0.669. The lowest BCUT2D eigenvalue weighted by molar-refractivity contribution is -0.150. The molecule has 0 fully saturated rings. The highest BCUT2D eigenvalue weighted by molar-refractivity contribution is 6.30. The molecule has 0 aliphatic rings. The van der Waals surface area contributed by atoms with Crippen molar-refractivity contribution < 1.29 is 23.9 Å². The van der Waals surface area contributed by atoms with E-state index in [1.807, 2.05) is 6.07 Å². The van der Waals surface area contributed by atoms with Crippen LogP contribution in [0.3, 0.4) is 0 Å². The van der Waals surface area contributed by atoms with Crippen LogP contribution >= 0.6 is 11.6 Å². The van der Waals surface area contributed by atoms with Gasteiger partial charge >= 0.3 is 5.97 Å². The van der Waals surface area contributed by atoms with Gasteiger partial charge in [0.1, 0.15) is 12.0 Å². The minimum absolute atomic E-state index is 0.288. The van der Waals surface area contributed by atoms with Gasteiger partial charge in [-0.25, -0.2) is 4.79 Å². The number of hydrogen-bond acceptors (Lipinski definition) is 5. The van der Waals surface area contributed by atoms with Gasteiger partial charge in [-0.05, 0) is 42.0 Å². The van der Waals surface area contributed by atoms with Crippen LogP contribution in [-0.2, 0) is 20.9 Å². The van der Waals surface area contributed by atoms with E-state index in [0.717, 1.165) is 5.56 Å². The zero-order valence-corrected chi connectivity index (χ0v) is 14.0. The summed E-state index contributed by atoms with van der Waals surface area (Å²) >= 11 is 5.85. The summed E-state index contributed by atoms with van der Waals surface area (Å²) in [5.41, 5.74) is 1.35. The van der Waals surface area contributed by atoms with E-state index in [1.54, 1.807) is 42.5 Å². The molecule has 0 aromatic heterocycles. The summed E-state index contributed by atoms with van der Waals surface area (Å²) in [5.74, 6) is -0.672. The molecule has 2 rings (SSSR count). The Morgan fingerprint density at radius 2 is 1.84 bits per heavy atom. The smallest absolute Gasteiger partial charge is 0.344 e. The fourth-order valence-corrected chi connectivity index (χ4v) is 2.08. The molecule has 7 heteroatoms. The van der Waals surface area contributed by atoms with Crippen molar-refractivity contribution in [1.29, 1.82) is 0 Å². The third-order valence-corrected chi connectivity index (χ3v) is 3.35. The van der Waals surface area contributed by atoms with Crippen molar-refractivity contribution in [3.05, 3.63) is 64.7 Å². The van der Waals surface area contributed by atoms with E-state index >= 15 is 0 Å². The fraction of sp³-hybridized carbons (Fsp3) is 0.167. The van der Waals surface area contributed by atoms with Crippen LogP contribution in [0.4, 0.5) is 0 Å². The molecule has 2 aromatic rings. The second-order valence-corrected chi connectivity index (χ2v) is 5.48. The van der Waals surface area contributed by atoms with Crippen molar-refractivity contribution in [3.63, 3.8) is 0 Å². The Morgan fingerprint density at radius 3 is 2.52 bits per heavy atom. The number of carbonyl (C=O) groups excluding carboxylic acids is 3. The van der Waals surface area contributed by atoms with Gasteiger partial charge in [-0.1, -0.05) is 23.7 Å². The Balaban J connectivity index is 1.66. The lowest BCUT2D eigenvalue weighted by Crippen LogP contribution is -2.29. The molecule has 2 aromatic carbocycles. The average molecular weight is 362 g/mol. The van der Waals surface area contributed by atoms with Crippen molar-refractivity contribution in [3.8, 4) is 5.75 Å². The number of ether oxygens (including phenoxy) is 2. The molecule has 0 saturated heterocycles. The summed E-state index contributed by atoms with van der Waals surface area (Å²) in [6.45, 7) is -0.439. The first kappa shape index (κ1) is 18.5. The first-order valence-electron chi connectivity index (χ1n) is 7.41. The van der Waals surface area contributed by atoms with Crippen LogP contribution in [0.15, 0.2) is 48.5 Å². The molecule has 0 aliphatic heterocycles. The summed E-state index contributed by atoms with van der Waals surface area (Å²) in [4.78, 5) is 33.8. The van der Waals surface area contributed by atoms with Crippen LogP contribution in [0, 0.1) is 0 Å². The number of rotatable bonds is 8. The highest BCUT2D eigenvalue weighted by Crippen LogP contribution is 2.11. The highest BCUT2D eigenvalue weighted by Gasteiger charge is 2.08. The van der Waals surface area contributed by atoms with Crippen LogP contribution in [-0.4, -0.2) is 31.4 Å². The second-order valence-electron chi connectivity index (χ2n) is 5.04. The van der Waals surface area contributed by atoms with Gasteiger partial charge in [0.2, 0.25) is 0 Å². The van der Waals surface area contributed by atoms with E-state index in [1.165, 1.54) is 0 Å². The largest absolute Gasteiger partial charge is 0.482 e. The van der Waals surface area contributed by atoms with Gasteiger partial charge in [-0.3, -0.25) is 9.59 Å². The predicted octanol–water partition coefficient (Wildman–Crippen LogP) is 2.39. The maximum Gasteiger partial charge on any atom is 0.344 e. The van der Waals surface area contributed by atoms with Gasteiger partial charge in [-0.2, -0.15) is 0 Å². The maximum atomic E-state index is 11.7. The third kappa shape index (κ3) is 6.64. The third-order valence-electron chi connectivity index (χ3n) is 3.12. The Bertz CT molecular complexity index is 745. The summed E-state index contributed by atoms with van der Waals surface area (Å²) in [5, 5.41) is 3.20. The van der Waals surface area contributed by atoms with Gasteiger partial charge in [0.05, 0.1) is 0 Å². The van der Waals surface area contributed by atoms with E-state index in [9.17, 15) is 14.4 Å². The van der Waals surface area contributed by atoms with Gasteiger partial charge in [0.25, 0.3) is 5.91 Å². The molecule has 0 radical (unpaired) electrons. The monoisotopic (exact) mass is 361 g/mol. The zero-order chi connectivity index (χ0) is 18.1. The molecule has 1 amide bonds. The van der Waals surface area contributed by atoms with Gasteiger partial charge < -0.3 is 14.8 Å². The molecule has 6 nitrogen and oxygen atoms in total. The number of carbonyl (C=O) groups is 3. The Morgan fingerprint density at radius 1 is 1.08 bits per heavy atom. The summed E-state index contributed by atoms with van der Waals surface area (Å²) in [6.07, 6.45) is 0.708. The van der Waals surface area contributed by atoms with Gasteiger partial charge in [0.15, 0.2) is 13.2 Å². The van der Waals surface area contributed by atoms with E-state index in [2.05, 4.69) is 5.32 Å². The van der Waals surface area contributed by atoms with Crippen LogP contribution in [0.5, 0.6) is 5.75 Å². The quantitative estimate of drug-likeness (QED) is 0.576. The topological polar surface area (TPSA) is 81.7 Å². The summed E-state index contributed by atoms with van der Waals surface area (Å²) < 4.78 is 10.0. The van der Waals surface area contributed by atoms with E-state index in [4.69, 9.17) is 21.1 Å². The van der Waals surface area contributed by atoms with Crippen molar-refractivity contribution >= 4 is 29.8 Å². The molecular weight excluding hydrogens is 346 g/mol. The number of esters is 1. The maximum absolute atomic E-state index is 11.7. The minimum Gasteiger partial charge on any atom is -0.482 e. The molecular formula is C18H16ClNO5. The Kier molecular flexibility index (Phi) is 6.98. The molecule has 0 aliphatic carbocycles. The van der Waals surface area contributed by atoms with Crippen LogP contribution in [0.2, 0.25) is 5.02 Å². The van der Waals surface area contributed by atoms with Crippen molar-refractivity contribution in [2.24, 2.45) is 0 Å². The lowest BCUT2D eigenvalue weighted by Gasteiger charge is -2.08. The summed E-state index contributed by atoms with van der Waals surface area (Å²) in [6, 6.07) is 13.3. The average Bonchev–Trinajstić information content (AvgIpc) is 2.63. The van der Waals surface area contributed by atoms with Gasteiger partial charge in [-0.15, -0.1) is 0 Å². The number of aldehydes is 1. The van der Waals surface area contributed by atoms with Gasteiger partial charge in [0, 0.05) is 17.1 Å². The molecule has 25 heavy (non-hydrogen) atoms. The zero-order valence-electron chi connectivity index (χ0n) is 13.2. The van der Waals surface area contributed by atoms with E-state index < -0.39 is 18.5 Å². The first-order valence-corrected chi connectivity index (χ1v) is 7.79.